The van der Waals surface area contributed by atoms with Crippen molar-refractivity contribution >= 4 is 12.0 Å². The second-order valence-electron chi connectivity index (χ2n) is 5.49. The highest BCUT2D eigenvalue weighted by Gasteiger charge is 2.39. The van der Waals surface area contributed by atoms with Gasteiger partial charge in [-0.05, 0) is 31.1 Å². The van der Waals surface area contributed by atoms with Gasteiger partial charge in [0, 0.05) is 19.7 Å². The second kappa shape index (κ2) is 6.23. The summed E-state index contributed by atoms with van der Waals surface area (Å²) in [6, 6.07) is -1.00. The molecular weight excluding hydrogens is 248 g/mol. The van der Waals surface area contributed by atoms with E-state index in [1.807, 2.05) is 6.92 Å². The van der Waals surface area contributed by atoms with Crippen LogP contribution in [0.25, 0.3) is 0 Å². The van der Waals surface area contributed by atoms with Gasteiger partial charge in [-0.25, -0.2) is 9.59 Å². The van der Waals surface area contributed by atoms with Gasteiger partial charge in [-0.1, -0.05) is 6.92 Å². The molecule has 0 aromatic carbocycles. The molecule has 0 radical (unpaired) electrons. The van der Waals surface area contributed by atoms with Gasteiger partial charge in [-0.2, -0.15) is 0 Å². The molecule has 0 aromatic rings. The molecule has 6 heteroatoms. The minimum absolute atomic E-state index is 0.00867. The fourth-order valence-electron chi connectivity index (χ4n) is 2.42. The lowest BCUT2D eigenvalue weighted by Gasteiger charge is -2.23. The van der Waals surface area contributed by atoms with Gasteiger partial charge < -0.3 is 20.1 Å². The summed E-state index contributed by atoms with van der Waals surface area (Å²) in [7, 11) is 0. The van der Waals surface area contributed by atoms with E-state index in [-0.39, 0.29) is 11.9 Å². The molecule has 1 saturated heterocycles. The van der Waals surface area contributed by atoms with Crippen molar-refractivity contribution in [2.75, 3.05) is 26.3 Å². The van der Waals surface area contributed by atoms with Crippen LogP contribution in [-0.4, -0.2) is 54.4 Å². The van der Waals surface area contributed by atoms with Gasteiger partial charge in [0.1, 0.15) is 6.04 Å². The highest BCUT2D eigenvalue weighted by molar-refractivity contribution is 5.83. The summed E-state index contributed by atoms with van der Waals surface area (Å²) in [6.45, 7) is 4.07. The van der Waals surface area contributed by atoms with Gasteiger partial charge in [-0.3, -0.25) is 0 Å². The average molecular weight is 270 g/mol. The average Bonchev–Trinajstić information content (AvgIpc) is 3.09. The first-order valence-electron chi connectivity index (χ1n) is 6.94. The number of ether oxygens (including phenoxy) is 1. The summed E-state index contributed by atoms with van der Waals surface area (Å²) in [5, 5.41) is 11.9. The van der Waals surface area contributed by atoms with Crippen molar-refractivity contribution in [1.29, 1.82) is 0 Å². The number of amides is 2. The molecule has 6 nitrogen and oxygen atoms in total. The maximum Gasteiger partial charge on any atom is 0.326 e. The number of carbonyl (C=O) groups is 2. The molecule has 108 valence electrons. The molecule has 1 saturated carbocycles. The Morgan fingerprint density at radius 3 is 2.74 bits per heavy atom. The molecule has 2 amide bonds. The molecule has 2 atom stereocenters. The van der Waals surface area contributed by atoms with Crippen LogP contribution in [0.1, 0.15) is 26.2 Å². The summed E-state index contributed by atoms with van der Waals surface area (Å²) in [5.74, 6) is -0.203. The quantitative estimate of drug-likeness (QED) is 0.703. The van der Waals surface area contributed by atoms with Crippen molar-refractivity contribution in [1.82, 2.24) is 10.2 Å². The number of aliphatic carboxylic acids is 1. The van der Waals surface area contributed by atoms with Gasteiger partial charge in [0.15, 0.2) is 0 Å². The standard InChI is InChI=1S/C13H22N2O4/c1-9-4-6-15(11(9)12(16)17)13(18)14-5-7-19-8-10-2-3-10/h9-11H,2-8H2,1H3,(H,14,18)(H,16,17). The third-order valence-electron chi connectivity index (χ3n) is 3.79. The molecule has 1 aliphatic heterocycles. The van der Waals surface area contributed by atoms with E-state index in [0.717, 1.165) is 13.0 Å². The fraction of sp³-hybridized carbons (Fsp3) is 0.846. The van der Waals surface area contributed by atoms with E-state index < -0.39 is 12.0 Å². The number of hydrogen-bond donors (Lipinski definition) is 2. The predicted octanol–water partition coefficient (Wildman–Crippen LogP) is 0.918. The number of rotatable bonds is 6. The van der Waals surface area contributed by atoms with E-state index in [1.54, 1.807) is 0 Å². The number of carbonyl (C=O) groups excluding carboxylic acids is 1. The van der Waals surface area contributed by atoms with Crippen LogP contribution in [-0.2, 0) is 9.53 Å². The maximum absolute atomic E-state index is 11.9. The Morgan fingerprint density at radius 1 is 1.37 bits per heavy atom. The Hall–Kier alpha value is -1.30. The summed E-state index contributed by atoms with van der Waals surface area (Å²) in [5.41, 5.74) is 0. The molecule has 2 rings (SSSR count). The van der Waals surface area contributed by atoms with Crippen LogP contribution >= 0.6 is 0 Å². The minimum Gasteiger partial charge on any atom is -0.480 e. The van der Waals surface area contributed by atoms with Crippen molar-refractivity contribution in [3.63, 3.8) is 0 Å². The molecular formula is C13H22N2O4. The van der Waals surface area contributed by atoms with Crippen molar-refractivity contribution in [2.45, 2.75) is 32.2 Å². The number of nitrogens with zero attached hydrogens (tertiary/aromatic N) is 1. The minimum atomic E-state index is -0.926. The van der Waals surface area contributed by atoms with Crippen molar-refractivity contribution < 1.29 is 19.4 Å². The second-order valence-corrected chi connectivity index (χ2v) is 5.49. The van der Waals surface area contributed by atoms with Gasteiger partial charge in [0.05, 0.1) is 6.61 Å². The van der Waals surface area contributed by atoms with E-state index in [0.29, 0.717) is 25.6 Å². The lowest BCUT2D eigenvalue weighted by atomic mass is 10.0. The van der Waals surface area contributed by atoms with Crippen LogP contribution in [0.5, 0.6) is 0 Å². The lowest BCUT2D eigenvalue weighted by molar-refractivity contribution is -0.142. The van der Waals surface area contributed by atoms with Gasteiger partial charge in [0.2, 0.25) is 0 Å². The number of carboxylic acids is 1. The van der Waals surface area contributed by atoms with E-state index in [9.17, 15) is 9.59 Å². The van der Waals surface area contributed by atoms with E-state index >= 15 is 0 Å². The normalized spacial score (nSPS) is 26.5. The van der Waals surface area contributed by atoms with Crippen LogP contribution in [0, 0.1) is 11.8 Å². The molecule has 1 heterocycles. The molecule has 2 unspecified atom stereocenters. The predicted molar refractivity (Wildman–Crippen MR) is 68.9 cm³/mol. The highest BCUT2D eigenvalue weighted by atomic mass is 16.5. The number of likely N-dealkylation sites (tertiary alicyclic amines) is 1. The summed E-state index contributed by atoms with van der Waals surface area (Å²) in [4.78, 5) is 24.5. The van der Waals surface area contributed by atoms with E-state index in [4.69, 9.17) is 9.84 Å². The Labute approximate surface area is 113 Å². The molecule has 19 heavy (non-hydrogen) atoms. The van der Waals surface area contributed by atoms with E-state index in [2.05, 4.69) is 5.32 Å². The van der Waals surface area contributed by atoms with Crippen LogP contribution in [0.4, 0.5) is 4.79 Å². The lowest BCUT2D eigenvalue weighted by Crippen LogP contribution is -2.48. The van der Waals surface area contributed by atoms with Crippen LogP contribution < -0.4 is 5.32 Å². The topological polar surface area (TPSA) is 78.9 Å². The monoisotopic (exact) mass is 270 g/mol. The summed E-state index contributed by atoms with van der Waals surface area (Å²) in [6.07, 6.45) is 3.24. The summed E-state index contributed by atoms with van der Waals surface area (Å²) < 4.78 is 5.42. The van der Waals surface area contributed by atoms with Gasteiger partial charge >= 0.3 is 12.0 Å². The molecule has 0 spiro atoms. The number of nitrogens with one attached hydrogen (secondary N) is 1. The first-order valence-corrected chi connectivity index (χ1v) is 6.94. The maximum atomic E-state index is 11.9. The zero-order valence-electron chi connectivity index (χ0n) is 11.3. The van der Waals surface area contributed by atoms with Crippen molar-refractivity contribution in [3.8, 4) is 0 Å². The largest absolute Gasteiger partial charge is 0.480 e. The van der Waals surface area contributed by atoms with Crippen molar-refractivity contribution in [3.05, 3.63) is 0 Å². The third-order valence-corrected chi connectivity index (χ3v) is 3.79. The molecule has 1 aliphatic carbocycles. The van der Waals surface area contributed by atoms with Crippen LogP contribution in [0.15, 0.2) is 0 Å². The number of urea groups is 1. The highest BCUT2D eigenvalue weighted by Crippen LogP contribution is 2.28. The van der Waals surface area contributed by atoms with Gasteiger partial charge in [-0.15, -0.1) is 0 Å². The van der Waals surface area contributed by atoms with Gasteiger partial charge in [0.25, 0.3) is 0 Å². The third kappa shape index (κ3) is 3.83. The Morgan fingerprint density at radius 2 is 2.11 bits per heavy atom. The first-order chi connectivity index (χ1) is 9.09. The Bertz CT molecular complexity index is 344. The Kier molecular flexibility index (Phi) is 4.63. The molecule has 2 N–H and O–H groups in total. The molecule has 2 aliphatic rings. The zero-order chi connectivity index (χ0) is 13.8. The smallest absolute Gasteiger partial charge is 0.326 e. The van der Waals surface area contributed by atoms with Crippen molar-refractivity contribution in [2.24, 2.45) is 11.8 Å². The SMILES string of the molecule is CC1CCN(C(=O)NCCOCC2CC2)C1C(=O)O. The zero-order valence-corrected chi connectivity index (χ0v) is 11.3. The Balaban J connectivity index is 1.67. The van der Waals surface area contributed by atoms with Crippen LogP contribution in [0.3, 0.4) is 0 Å². The van der Waals surface area contributed by atoms with Crippen LogP contribution in [0.2, 0.25) is 0 Å². The number of hydrogen-bond acceptors (Lipinski definition) is 3. The first kappa shape index (κ1) is 14.1. The summed E-state index contributed by atoms with van der Waals surface area (Å²) >= 11 is 0. The molecule has 0 aromatic heterocycles. The van der Waals surface area contributed by atoms with E-state index in [1.165, 1.54) is 17.7 Å². The number of carboxylic acid groups (broad SMARTS) is 1. The molecule has 2 fully saturated rings. The molecule has 0 bridgehead atoms. The fourth-order valence-corrected chi connectivity index (χ4v) is 2.42.